The number of nitro benzene ring substituents is 1. The molecule has 0 aromatic heterocycles. The van der Waals surface area contributed by atoms with Crippen molar-refractivity contribution < 1.29 is 22.8 Å². The van der Waals surface area contributed by atoms with E-state index in [1.165, 1.54) is 6.07 Å². The van der Waals surface area contributed by atoms with E-state index in [1.54, 1.807) is 0 Å². The van der Waals surface area contributed by atoms with E-state index in [0.29, 0.717) is 12.1 Å². The van der Waals surface area contributed by atoms with Gasteiger partial charge in [0.1, 0.15) is 0 Å². The van der Waals surface area contributed by atoms with Gasteiger partial charge in [-0.3, -0.25) is 10.1 Å². The normalized spacial score (nSPS) is 9.94. The average molecular weight is 232 g/mol. The van der Waals surface area contributed by atoms with E-state index in [-0.39, 0.29) is 5.56 Å². The van der Waals surface area contributed by atoms with Crippen LogP contribution in [0.4, 0.5) is 18.9 Å². The summed E-state index contributed by atoms with van der Waals surface area (Å²) in [6.45, 7) is -3.39. The van der Waals surface area contributed by atoms with Crippen LogP contribution in [0.3, 0.4) is 0 Å². The van der Waals surface area contributed by atoms with Gasteiger partial charge in [-0.2, -0.15) is 14.0 Å². The minimum absolute atomic E-state index is 0.356. The SMILES string of the molecule is N#Cc1cc(F)c(OC(F)F)c([N+](=O)[O-])c1. The third-order valence-electron chi connectivity index (χ3n) is 1.56. The maximum atomic E-state index is 13.1. The molecule has 16 heavy (non-hydrogen) atoms. The van der Waals surface area contributed by atoms with Gasteiger partial charge in [0.05, 0.1) is 16.6 Å². The predicted molar refractivity (Wildman–Crippen MR) is 44.4 cm³/mol. The molecule has 0 N–H and O–H groups in total. The van der Waals surface area contributed by atoms with Crippen molar-refractivity contribution in [3.8, 4) is 11.8 Å². The number of nitrogens with zero attached hydrogens (tertiary/aromatic N) is 2. The maximum absolute atomic E-state index is 13.1. The Kier molecular flexibility index (Phi) is 3.30. The van der Waals surface area contributed by atoms with Crippen LogP contribution in [0.5, 0.6) is 5.75 Å². The van der Waals surface area contributed by atoms with Gasteiger partial charge in [-0.15, -0.1) is 0 Å². The highest BCUT2D eigenvalue weighted by Gasteiger charge is 2.24. The second kappa shape index (κ2) is 4.48. The summed E-state index contributed by atoms with van der Waals surface area (Å²) in [6.07, 6.45) is 0. The molecule has 0 radical (unpaired) electrons. The number of halogens is 3. The number of benzene rings is 1. The Morgan fingerprint density at radius 2 is 2.12 bits per heavy atom. The minimum Gasteiger partial charge on any atom is -0.424 e. The van der Waals surface area contributed by atoms with Gasteiger partial charge in [0, 0.05) is 6.07 Å². The van der Waals surface area contributed by atoms with Crippen molar-refractivity contribution in [2.75, 3.05) is 0 Å². The van der Waals surface area contributed by atoms with Crippen molar-refractivity contribution in [1.82, 2.24) is 0 Å². The summed E-state index contributed by atoms with van der Waals surface area (Å²) in [7, 11) is 0. The first-order valence-corrected chi connectivity index (χ1v) is 3.78. The molecule has 84 valence electrons. The van der Waals surface area contributed by atoms with E-state index in [9.17, 15) is 23.3 Å². The van der Waals surface area contributed by atoms with Crippen LogP contribution in [0, 0.1) is 27.3 Å². The maximum Gasteiger partial charge on any atom is 0.387 e. The Balaban J connectivity index is 3.35. The Bertz CT molecular complexity index is 470. The Morgan fingerprint density at radius 1 is 1.50 bits per heavy atom. The number of alkyl halides is 2. The largest absolute Gasteiger partial charge is 0.424 e. The van der Waals surface area contributed by atoms with E-state index < -0.39 is 28.8 Å². The van der Waals surface area contributed by atoms with Gasteiger partial charge in [-0.1, -0.05) is 0 Å². The summed E-state index contributed by atoms with van der Waals surface area (Å²) in [5.41, 5.74) is -1.37. The fourth-order valence-corrected chi connectivity index (χ4v) is 0.985. The molecule has 0 saturated carbocycles. The van der Waals surface area contributed by atoms with Crippen LogP contribution < -0.4 is 4.74 Å². The number of nitro groups is 1. The van der Waals surface area contributed by atoms with Crippen molar-refractivity contribution in [3.63, 3.8) is 0 Å². The summed E-state index contributed by atoms with van der Waals surface area (Å²) in [6, 6.07) is 2.68. The fourth-order valence-electron chi connectivity index (χ4n) is 0.985. The lowest BCUT2D eigenvalue weighted by molar-refractivity contribution is -0.386. The first-order valence-electron chi connectivity index (χ1n) is 3.78. The van der Waals surface area contributed by atoms with Crippen molar-refractivity contribution in [2.24, 2.45) is 0 Å². The number of ether oxygens (including phenoxy) is 1. The zero-order valence-electron chi connectivity index (χ0n) is 7.49. The van der Waals surface area contributed by atoms with Gasteiger partial charge in [-0.05, 0) is 6.07 Å². The van der Waals surface area contributed by atoms with E-state index in [0.717, 1.165) is 0 Å². The van der Waals surface area contributed by atoms with Gasteiger partial charge in [-0.25, -0.2) is 4.39 Å². The van der Waals surface area contributed by atoms with E-state index in [1.807, 2.05) is 0 Å². The Labute approximate surface area is 86.8 Å². The van der Waals surface area contributed by atoms with E-state index in [4.69, 9.17) is 5.26 Å². The number of rotatable bonds is 3. The minimum atomic E-state index is -3.39. The van der Waals surface area contributed by atoms with Crippen LogP contribution in [-0.2, 0) is 0 Å². The Morgan fingerprint density at radius 3 is 2.56 bits per heavy atom. The molecule has 0 spiro atoms. The summed E-state index contributed by atoms with van der Waals surface area (Å²) in [4.78, 5) is 9.32. The first-order chi connectivity index (χ1) is 7.45. The molecular weight excluding hydrogens is 229 g/mol. The molecule has 0 fully saturated rings. The zero-order chi connectivity index (χ0) is 12.3. The smallest absolute Gasteiger partial charge is 0.387 e. The van der Waals surface area contributed by atoms with Crippen molar-refractivity contribution in [1.29, 1.82) is 5.26 Å². The molecule has 0 aliphatic rings. The van der Waals surface area contributed by atoms with Gasteiger partial charge in [0.25, 0.3) is 0 Å². The lowest BCUT2D eigenvalue weighted by atomic mass is 10.2. The lowest BCUT2D eigenvalue weighted by Gasteiger charge is -2.06. The zero-order valence-corrected chi connectivity index (χ0v) is 7.49. The molecule has 0 amide bonds. The van der Waals surface area contributed by atoms with Crippen LogP contribution in [-0.4, -0.2) is 11.5 Å². The van der Waals surface area contributed by atoms with Crippen LogP contribution in [0.25, 0.3) is 0 Å². The highest BCUT2D eigenvalue weighted by atomic mass is 19.3. The molecular formula is C8H3F3N2O3. The molecule has 1 aromatic carbocycles. The molecule has 5 nitrogen and oxygen atoms in total. The van der Waals surface area contributed by atoms with E-state index >= 15 is 0 Å². The monoisotopic (exact) mass is 232 g/mol. The third kappa shape index (κ3) is 2.38. The molecule has 0 bridgehead atoms. The van der Waals surface area contributed by atoms with Gasteiger partial charge in [0.2, 0.25) is 5.75 Å². The molecule has 1 aromatic rings. The lowest BCUT2D eigenvalue weighted by Crippen LogP contribution is -2.06. The number of hydrogen-bond acceptors (Lipinski definition) is 4. The molecule has 0 aliphatic carbocycles. The van der Waals surface area contributed by atoms with Gasteiger partial charge < -0.3 is 4.74 Å². The second-order valence-electron chi connectivity index (χ2n) is 2.55. The highest BCUT2D eigenvalue weighted by Crippen LogP contribution is 2.32. The standard InChI is InChI=1S/C8H3F3N2O3/c9-5-1-4(3-12)2-6(13(14)15)7(5)16-8(10)11/h1-2,8H. The van der Waals surface area contributed by atoms with Crippen LogP contribution in [0.2, 0.25) is 0 Å². The molecule has 0 heterocycles. The fraction of sp³-hybridized carbons (Fsp3) is 0.125. The molecule has 1 rings (SSSR count). The Hall–Kier alpha value is -2.30. The van der Waals surface area contributed by atoms with Crippen LogP contribution in [0.15, 0.2) is 12.1 Å². The molecule has 8 heteroatoms. The second-order valence-corrected chi connectivity index (χ2v) is 2.55. The molecule has 0 aliphatic heterocycles. The molecule has 0 atom stereocenters. The average Bonchev–Trinajstić information content (AvgIpc) is 2.19. The third-order valence-corrected chi connectivity index (χ3v) is 1.56. The quantitative estimate of drug-likeness (QED) is 0.591. The first kappa shape index (κ1) is 11.8. The van der Waals surface area contributed by atoms with Crippen molar-refractivity contribution in [2.45, 2.75) is 6.61 Å². The summed E-state index contributed by atoms with van der Waals surface area (Å²) < 4.78 is 40.5. The van der Waals surface area contributed by atoms with Crippen LogP contribution >= 0.6 is 0 Å². The van der Waals surface area contributed by atoms with Crippen LogP contribution in [0.1, 0.15) is 5.56 Å². The highest BCUT2D eigenvalue weighted by molar-refractivity contribution is 5.52. The van der Waals surface area contributed by atoms with E-state index in [2.05, 4.69) is 4.74 Å². The molecule has 0 saturated heterocycles. The number of hydrogen-bond donors (Lipinski definition) is 0. The summed E-state index contributed by atoms with van der Waals surface area (Å²) in [5.74, 6) is -2.56. The number of nitriles is 1. The predicted octanol–water partition coefficient (Wildman–Crippen LogP) is 2.21. The summed E-state index contributed by atoms with van der Waals surface area (Å²) in [5, 5.41) is 18.8. The topological polar surface area (TPSA) is 76.2 Å². The molecule has 0 unspecified atom stereocenters. The van der Waals surface area contributed by atoms with Gasteiger partial charge in [0.15, 0.2) is 5.82 Å². The van der Waals surface area contributed by atoms with Crippen molar-refractivity contribution >= 4 is 5.69 Å². The summed E-state index contributed by atoms with van der Waals surface area (Å²) >= 11 is 0. The van der Waals surface area contributed by atoms with Crippen molar-refractivity contribution in [3.05, 3.63) is 33.6 Å². The van der Waals surface area contributed by atoms with Gasteiger partial charge >= 0.3 is 12.3 Å².